The maximum absolute atomic E-state index is 9.10. The number of hydrogen-bond acceptors (Lipinski definition) is 4. The zero-order chi connectivity index (χ0) is 13.1. The first-order valence-electron chi connectivity index (χ1n) is 5.90. The fourth-order valence-electron chi connectivity index (χ4n) is 1.59. The minimum atomic E-state index is 0.0199. The second-order valence-electron chi connectivity index (χ2n) is 4.42. The average Bonchev–Trinajstić information content (AvgIpc) is 2.93. The van der Waals surface area contributed by atoms with Crippen molar-refractivity contribution in [3.63, 3.8) is 0 Å². The van der Waals surface area contributed by atoms with E-state index in [4.69, 9.17) is 5.11 Å². The van der Waals surface area contributed by atoms with Crippen molar-refractivity contribution >= 4 is 11.8 Å². The molecule has 0 spiro atoms. The maximum Gasteiger partial charge on any atom is 0.168 e. The van der Waals surface area contributed by atoms with Gasteiger partial charge in [0.2, 0.25) is 0 Å². The van der Waals surface area contributed by atoms with Crippen LogP contribution in [0.15, 0.2) is 23.6 Å². The first kappa shape index (κ1) is 13.2. The molecule has 0 saturated heterocycles. The number of aliphatic hydroxyl groups excluding tert-OH is 1. The van der Waals surface area contributed by atoms with Gasteiger partial charge < -0.3 is 9.67 Å². The first-order valence-corrected chi connectivity index (χ1v) is 6.88. The van der Waals surface area contributed by atoms with Gasteiger partial charge in [0.1, 0.15) is 0 Å². The Balaban J connectivity index is 2.00. The van der Waals surface area contributed by atoms with Crippen LogP contribution in [0.3, 0.4) is 0 Å². The zero-order valence-corrected chi connectivity index (χ0v) is 11.7. The lowest BCUT2D eigenvalue weighted by Crippen LogP contribution is -2.01. The molecule has 6 heteroatoms. The monoisotopic (exact) mass is 266 g/mol. The van der Waals surface area contributed by atoms with Crippen LogP contribution in [0.5, 0.6) is 0 Å². The average molecular weight is 266 g/mol. The highest BCUT2D eigenvalue weighted by molar-refractivity contribution is 7.98. The Morgan fingerprint density at radius 1 is 1.44 bits per heavy atom. The summed E-state index contributed by atoms with van der Waals surface area (Å²) in [6.07, 6.45) is 3.70. The molecular formula is C12H18N4OS. The van der Waals surface area contributed by atoms with Crippen LogP contribution in [-0.2, 0) is 19.4 Å². The van der Waals surface area contributed by atoms with Gasteiger partial charge in [-0.3, -0.25) is 4.68 Å². The quantitative estimate of drug-likeness (QED) is 0.841. The standard InChI is InChI=1S/C12H18N4OS/c1-9(2)16-5-4-10(14-16)8-18-12-13-6-11(7-17)15(12)3/h4-6,9,17H,7-8H2,1-3H3. The van der Waals surface area contributed by atoms with Crippen LogP contribution in [0.1, 0.15) is 31.3 Å². The number of aliphatic hydroxyl groups is 1. The molecule has 0 aliphatic heterocycles. The van der Waals surface area contributed by atoms with E-state index in [9.17, 15) is 0 Å². The summed E-state index contributed by atoms with van der Waals surface area (Å²) < 4.78 is 3.86. The van der Waals surface area contributed by atoms with Crippen molar-refractivity contribution in [2.75, 3.05) is 0 Å². The summed E-state index contributed by atoms with van der Waals surface area (Å²) in [5.74, 6) is 0.787. The van der Waals surface area contributed by atoms with Gasteiger partial charge in [-0.1, -0.05) is 11.8 Å². The van der Waals surface area contributed by atoms with Gasteiger partial charge in [0, 0.05) is 25.0 Å². The van der Waals surface area contributed by atoms with Crippen molar-refractivity contribution in [1.82, 2.24) is 19.3 Å². The molecule has 0 saturated carbocycles. The fraction of sp³-hybridized carbons (Fsp3) is 0.500. The third-order valence-electron chi connectivity index (χ3n) is 2.75. The van der Waals surface area contributed by atoms with E-state index in [1.54, 1.807) is 18.0 Å². The van der Waals surface area contributed by atoms with E-state index in [1.165, 1.54) is 0 Å². The van der Waals surface area contributed by atoms with Gasteiger partial charge in [0.05, 0.1) is 24.2 Å². The lowest BCUT2D eigenvalue weighted by atomic mass is 10.4. The van der Waals surface area contributed by atoms with Gasteiger partial charge in [-0.15, -0.1) is 0 Å². The molecule has 2 rings (SSSR count). The third kappa shape index (κ3) is 2.76. The Morgan fingerprint density at radius 2 is 2.22 bits per heavy atom. The highest BCUT2D eigenvalue weighted by atomic mass is 32.2. The fourth-order valence-corrected chi connectivity index (χ4v) is 2.46. The molecule has 0 atom stereocenters. The molecule has 0 aliphatic carbocycles. The molecule has 0 aliphatic rings. The van der Waals surface area contributed by atoms with Crippen LogP contribution in [0, 0.1) is 0 Å². The van der Waals surface area contributed by atoms with Gasteiger partial charge in [-0.2, -0.15) is 5.10 Å². The van der Waals surface area contributed by atoms with Crippen LogP contribution in [-0.4, -0.2) is 24.4 Å². The van der Waals surface area contributed by atoms with E-state index in [0.717, 1.165) is 22.3 Å². The lowest BCUT2D eigenvalue weighted by Gasteiger charge is -2.04. The van der Waals surface area contributed by atoms with Gasteiger partial charge in [0.15, 0.2) is 5.16 Å². The van der Waals surface area contributed by atoms with Crippen molar-refractivity contribution in [2.24, 2.45) is 7.05 Å². The molecule has 0 amide bonds. The Kier molecular flexibility index (Phi) is 4.08. The van der Waals surface area contributed by atoms with Crippen molar-refractivity contribution in [3.05, 3.63) is 29.8 Å². The molecule has 18 heavy (non-hydrogen) atoms. The number of rotatable bonds is 5. The lowest BCUT2D eigenvalue weighted by molar-refractivity contribution is 0.271. The van der Waals surface area contributed by atoms with E-state index in [1.807, 2.05) is 28.6 Å². The van der Waals surface area contributed by atoms with Crippen LogP contribution in [0.25, 0.3) is 0 Å². The molecule has 0 radical (unpaired) electrons. The van der Waals surface area contributed by atoms with Crippen molar-refractivity contribution in [1.29, 1.82) is 0 Å². The first-order chi connectivity index (χ1) is 8.61. The molecule has 1 N–H and O–H groups in total. The molecule has 2 aromatic rings. The molecule has 2 heterocycles. The number of thioether (sulfide) groups is 1. The summed E-state index contributed by atoms with van der Waals surface area (Å²) in [7, 11) is 1.91. The Hall–Kier alpha value is -1.27. The van der Waals surface area contributed by atoms with E-state index >= 15 is 0 Å². The second kappa shape index (κ2) is 5.58. The zero-order valence-electron chi connectivity index (χ0n) is 10.9. The summed E-state index contributed by atoms with van der Waals surface area (Å²) in [5, 5.41) is 14.5. The number of aromatic nitrogens is 4. The van der Waals surface area contributed by atoms with Crippen LogP contribution in [0.2, 0.25) is 0 Å². The van der Waals surface area contributed by atoms with E-state index < -0.39 is 0 Å². The third-order valence-corrected chi connectivity index (χ3v) is 3.82. The highest BCUT2D eigenvalue weighted by Gasteiger charge is 2.08. The van der Waals surface area contributed by atoms with E-state index in [0.29, 0.717) is 6.04 Å². The Bertz CT molecular complexity index is 518. The molecule has 98 valence electrons. The largest absolute Gasteiger partial charge is 0.390 e. The number of imidazole rings is 1. The summed E-state index contributed by atoms with van der Waals surface area (Å²) in [4.78, 5) is 4.27. The minimum absolute atomic E-state index is 0.0199. The summed E-state index contributed by atoms with van der Waals surface area (Å²) in [5.41, 5.74) is 1.87. The van der Waals surface area contributed by atoms with Crippen molar-refractivity contribution in [2.45, 2.75) is 37.4 Å². The molecular weight excluding hydrogens is 248 g/mol. The Morgan fingerprint density at radius 3 is 2.78 bits per heavy atom. The van der Waals surface area contributed by atoms with Gasteiger partial charge >= 0.3 is 0 Å². The summed E-state index contributed by atoms with van der Waals surface area (Å²) in [6, 6.07) is 2.42. The summed E-state index contributed by atoms with van der Waals surface area (Å²) >= 11 is 1.63. The predicted molar refractivity (Wildman–Crippen MR) is 71.3 cm³/mol. The van der Waals surface area contributed by atoms with Gasteiger partial charge in [-0.05, 0) is 19.9 Å². The molecule has 5 nitrogen and oxygen atoms in total. The normalized spacial score (nSPS) is 11.4. The predicted octanol–water partition coefficient (Wildman–Crippen LogP) is 1.98. The van der Waals surface area contributed by atoms with Crippen molar-refractivity contribution < 1.29 is 5.11 Å². The second-order valence-corrected chi connectivity index (χ2v) is 5.36. The van der Waals surface area contributed by atoms with Gasteiger partial charge in [0.25, 0.3) is 0 Å². The smallest absolute Gasteiger partial charge is 0.168 e. The van der Waals surface area contributed by atoms with Crippen LogP contribution < -0.4 is 0 Å². The highest BCUT2D eigenvalue weighted by Crippen LogP contribution is 2.21. The number of nitrogens with zero attached hydrogens (tertiary/aromatic N) is 4. The maximum atomic E-state index is 9.10. The van der Waals surface area contributed by atoms with E-state index in [-0.39, 0.29) is 6.61 Å². The molecule has 0 unspecified atom stereocenters. The molecule has 2 aromatic heterocycles. The Labute approximate surface area is 111 Å². The molecule has 0 aromatic carbocycles. The van der Waals surface area contributed by atoms with Crippen LogP contribution in [0.4, 0.5) is 0 Å². The molecule has 0 fully saturated rings. The van der Waals surface area contributed by atoms with Crippen molar-refractivity contribution in [3.8, 4) is 0 Å². The summed E-state index contributed by atoms with van der Waals surface area (Å²) in [6.45, 7) is 4.23. The number of hydrogen-bond donors (Lipinski definition) is 1. The van der Waals surface area contributed by atoms with Crippen LogP contribution >= 0.6 is 11.8 Å². The minimum Gasteiger partial charge on any atom is -0.390 e. The van der Waals surface area contributed by atoms with E-state index in [2.05, 4.69) is 23.9 Å². The van der Waals surface area contributed by atoms with Gasteiger partial charge in [-0.25, -0.2) is 4.98 Å². The molecule has 0 bridgehead atoms. The SMILES string of the molecule is CC(C)n1ccc(CSc2ncc(CO)n2C)n1. The topological polar surface area (TPSA) is 55.9 Å².